The zero-order chi connectivity index (χ0) is 11.5. The third-order valence-corrected chi connectivity index (χ3v) is 2.18. The number of rotatable bonds is 4. The fraction of sp³-hybridized carbons (Fsp3) is 0.417. The number of hydrogen-bond donors (Lipinski definition) is 0. The van der Waals surface area contributed by atoms with E-state index in [0.717, 1.165) is 17.7 Å². The Kier molecular flexibility index (Phi) is 3.10. The van der Waals surface area contributed by atoms with Gasteiger partial charge in [-0.15, -0.1) is 0 Å². The summed E-state index contributed by atoms with van der Waals surface area (Å²) in [6.07, 6.45) is 1.73. The second-order valence-corrected chi connectivity index (χ2v) is 4.15. The molecule has 0 aromatic heterocycles. The highest BCUT2D eigenvalue weighted by atomic mass is 17.2. The highest BCUT2D eigenvalue weighted by Gasteiger charge is 2.25. The molecule has 4 nitrogen and oxygen atoms in total. The van der Waals surface area contributed by atoms with Gasteiger partial charge in [0, 0.05) is 0 Å². The van der Waals surface area contributed by atoms with Gasteiger partial charge in [0.1, 0.15) is 20.2 Å². The molecule has 1 fully saturated rings. The Balaban J connectivity index is 2.05. The molecule has 0 saturated carbocycles. The van der Waals surface area contributed by atoms with Gasteiger partial charge in [-0.05, 0) is 30.2 Å². The van der Waals surface area contributed by atoms with E-state index in [-0.39, 0.29) is 6.10 Å². The zero-order valence-electron chi connectivity index (χ0n) is 9.77. The van der Waals surface area contributed by atoms with Crippen LogP contribution in [0.25, 0.3) is 0 Å². The van der Waals surface area contributed by atoms with Crippen molar-refractivity contribution >= 4 is 6.40 Å². The molecule has 0 radical (unpaired) electrons. The maximum Gasteiger partial charge on any atom is 0.369 e. The summed E-state index contributed by atoms with van der Waals surface area (Å²) in [5.41, 5.74) is 2.28. The average molecular weight is 222 g/mol. The van der Waals surface area contributed by atoms with Gasteiger partial charge in [-0.25, -0.2) is 9.46 Å². The van der Waals surface area contributed by atoms with E-state index in [0.29, 0.717) is 5.75 Å². The maximum absolute atomic E-state index is 5.23. The van der Waals surface area contributed by atoms with Gasteiger partial charge in [0.2, 0.25) is 0 Å². The van der Waals surface area contributed by atoms with Gasteiger partial charge < -0.3 is 4.74 Å². The summed E-state index contributed by atoms with van der Waals surface area (Å²) < 4.78 is 7.00. The molecule has 0 bridgehead atoms. The highest BCUT2D eigenvalue weighted by Crippen LogP contribution is 2.32. The molecule has 1 aromatic carbocycles. The van der Waals surface area contributed by atoms with Crippen molar-refractivity contribution in [2.24, 2.45) is 0 Å². The van der Waals surface area contributed by atoms with Crippen LogP contribution in [0, 0.1) is 6.92 Å². The Hall–Kier alpha value is -1.55. The van der Waals surface area contributed by atoms with Crippen LogP contribution in [-0.2, 0) is 9.62 Å². The Bertz CT molecular complexity index is 407. The first-order valence-corrected chi connectivity index (χ1v) is 5.21. The number of hydrogen-bond acceptors (Lipinski definition) is 3. The molecule has 2 rings (SSSR count). The van der Waals surface area contributed by atoms with Crippen molar-refractivity contribution in [3.05, 3.63) is 29.3 Å². The summed E-state index contributed by atoms with van der Waals surface area (Å²) in [7, 11) is 3.73. The molecule has 4 heteroatoms. The highest BCUT2D eigenvalue weighted by molar-refractivity contribution is 5.39. The van der Waals surface area contributed by atoms with E-state index < -0.39 is 0 Å². The third kappa shape index (κ3) is 2.97. The van der Waals surface area contributed by atoms with Crippen molar-refractivity contribution in [2.75, 3.05) is 20.7 Å². The van der Waals surface area contributed by atoms with Gasteiger partial charge >= 0.3 is 6.40 Å². The SMILES string of the molecule is Cc1cc(OOC=[N+](C)C)cc(C2CO2)c1. The van der Waals surface area contributed by atoms with Crippen LogP contribution in [0.4, 0.5) is 0 Å². The molecule has 0 amide bonds. The van der Waals surface area contributed by atoms with Crippen LogP contribution in [0.2, 0.25) is 0 Å². The van der Waals surface area contributed by atoms with Crippen LogP contribution in [0.15, 0.2) is 18.2 Å². The van der Waals surface area contributed by atoms with Crippen LogP contribution in [0.3, 0.4) is 0 Å². The fourth-order valence-electron chi connectivity index (χ4n) is 1.41. The predicted octanol–water partition coefficient (Wildman–Crippen LogP) is 1.68. The van der Waals surface area contributed by atoms with E-state index in [2.05, 4.69) is 6.07 Å². The Morgan fingerprint density at radius 1 is 1.38 bits per heavy atom. The van der Waals surface area contributed by atoms with Crippen LogP contribution >= 0.6 is 0 Å². The molecule has 0 spiro atoms. The van der Waals surface area contributed by atoms with Crippen LogP contribution in [0.5, 0.6) is 5.75 Å². The maximum atomic E-state index is 5.23. The van der Waals surface area contributed by atoms with Crippen LogP contribution < -0.4 is 4.89 Å². The van der Waals surface area contributed by atoms with E-state index in [1.165, 1.54) is 6.40 Å². The van der Waals surface area contributed by atoms with Gasteiger partial charge in [0.25, 0.3) is 0 Å². The van der Waals surface area contributed by atoms with Gasteiger partial charge in [-0.3, -0.25) is 4.89 Å². The molecular weight excluding hydrogens is 206 g/mol. The quantitative estimate of drug-likeness (QED) is 0.194. The monoisotopic (exact) mass is 222 g/mol. The number of ether oxygens (including phenoxy) is 1. The topological polar surface area (TPSA) is 34.0 Å². The lowest BCUT2D eigenvalue weighted by Crippen LogP contribution is -2.05. The van der Waals surface area contributed by atoms with E-state index in [1.54, 1.807) is 4.58 Å². The molecule has 1 aliphatic rings. The fourth-order valence-corrected chi connectivity index (χ4v) is 1.41. The summed E-state index contributed by atoms with van der Waals surface area (Å²) in [5, 5.41) is 0. The Labute approximate surface area is 95.0 Å². The summed E-state index contributed by atoms with van der Waals surface area (Å²) in [5.74, 6) is 0.698. The van der Waals surface area contributed by atoms with E-state index in [4.69, 9.17) is 14.5 Å². The molecule has 0 aliphatic carbocycles. The molecule has 1 aromatic rings. The van der Waals surface area contributed by atoms with Crippen LogP contribution in [0.1, 0.15) is 17.2 Å². The lowest BCUT2D eigenvalue weighted by Gasteiger charge is -2.04. The van der Waals surface area contributed by atoms with Crippen molar-refractivity contribution in [1.82, 2.24) is 0 Å². The minimum Gasteiger partial charge on any atom is -0.368 e. The molecular formula is C12H16NO3+. The molecule has 16 heavy (non-hydrogen) atoms. The first-order chi connectivity index (χ1) is 7.65. The lowest BCUT2D eigenvalue weighted by molar-refractivity contribution is -0.475. The molecule has 1 atom stereocenters. The van der Waals surface area contributed by atoms with Crippen molar-refractivity contribution in [3.63, 3.8) is 0 Å². The second-order valence-electron chi connectivity index (χ2n) is 4.15. The van der Waals surface area contributed by atoms with Gasteiger partial charge in [0.05, 0.1) is 6.61 Å². The van der Waals surface area contributed by atoms with Crippen molar-refractivity contribution < 1.29 is 19.1 Å². The first kappa shape index (κ1) is 11.0. The number of aryl methyl sites for hydroxylation is 1. The minimum absolute atomic E-state index is 0.236. The first-order valence-electron chi connectivity index (χ1n) is 5.21. The number of epoxide rings is 1. The van der Waals surface area contributed by atoms with Gasteiger partial charge in [-0.2, -0.15) is 0 Å². The van der Waals surface area contributed by atoms with Crippen LogP contribution in [-0.4, -0.2) is 31.7 Å². The minimum atomic E-state index is 0.236. The molecule has 1 unspecified atom stereocenters. The second kappa shape index (κ2) is 4.53. The van der Waals surface area contributed by atoms with Crippen molar-refractivity contribution in [2.45, 2.75) is 13.0 Å². The summed E-state index contributed by atoms with van der Waals surface area (Å²) >= 11 is 0. The standard InChI is InChI=1S/C12H16NO3/c1-9-4-10(12-7-14-12)6-11(5-9)16-15-8-13(2)3/h4-6,8,12H,7H2,1-3H3/q+1. The lowest BCUT2D eigenvalue weighted by atomic mass is 10.1. The molecule has 1 saturated heterocycles. The number of nitrogens with zero attached hydrogens (tertiary/aromatic N) is 1. The van der Waals surface area contributed by atoms with E-state index in [9.17, 15) is 0 Å². The molecule has 0 N–H and O–H groups in total. The van der Waals surface area contributed by atoms with E-state index >= 15 is 0 Å². The smallest absolute Gasteiger partial charge is 0.368 e. The van der Waals surface area contributed by atoms with Gasteiger partial charge in [0.15, 0.2) is 5.75 Å². The molecule has 1 heterocycles. The van der Waals surface area contributed by atoms with Gasteiger partial charge in [-0.1, -0.05) is 6.07 Å². The summed E-state index contributed by atoms with van der Waals surface area (Å²) in [4.78, 5) is 10.1. The Morgan fingerprint density at radius 2 is 2.12 bits per heavy atom. The van der Waals surface area contributed by atoms with Crippen molar-refractivity contribution in [1.29, 1.82) is 0 Å². The normalized spacial score (nSPS) is 17.8. The third-order valence-electron chi connectivity index (χ3n) is 2.18. The predicted molar refractivity (Wildman–Crippen MR) is 59.8 cm³/mol. The Morgan fingerprint density at radius 3 is 2.75 bits per heavy atom. The number of benzene rings is 1. The molecule has 86 valence electrons. The summed E-state index contributed by atoms with van der Waals surface area (Å²) in [6, 6.07) is 5.96. The van der Waals surface area contributed by atoms with E-state index in [1.807, 2.05) is 33.2 Å². The molecule has 1 aliphatic heterocycles. The largest absolute Gasteiger partial charge is 0.369 e. The van der Waals surface area contributed by atoms with Crippen molar-refractivity contribution in [3.8, 4) is 5.75 Å². The average Bonchev–Trinajstić information content (AvgIpc) is 2.99. The summed E-state index contributed by atoms with van der Waals surface area (Å²) in [6.45, 7) is 2.82. The zero-order valence-corrected chi connectivity index (χ0v) is 9.77.